The van der Waals surface area contributed by atoms with Gasteiger partial charge in [0, 0.05) is 25.2 Å². The maximum atomic E-state index is 13.0. The Morgan fingerprint density at radius 1 is 1.08 bits per heavy atom. The van der Waals surface area contributed by atoms with E-state index < -0.39 is 0 Å². The van der Waals surface area contributed by atoms with Gasteiger partial charge in [-0.1, -0.05) is 30.3 Å². The van der Waals surface area contributed by atoms with Crippen LogP contribution in [0.5, 0.6) is 0 Å². The molecule has 4 nitrogen and oxygen atoms in total. The zero-order chi connectivity index (χ0) is 18.4. The number of carbonyl (C=O) groups excluding carboxylic acids is 2. The molecule has 1 fully saturated rings. The minimum absolute atomic E-state index is 0.0809. The highest BCUT2D eigenvalue weighted by molar-refractivity contribution is 6.00. The van der Waals surface area contributed by atoms with Crippen LogP contribution in [0, 0.1) is 11.7 Å². The van der Waals surface area contributed by atoms with Gasteiger partial charge < -0.3 is 10.2 Å². The van der Waals surface area contributed by atoms with Gasteiger partial charge in [0.1, 0.15) is 5.82 Å². The number of halogens is 1. The van der Waals surface area contributed by atoms with Crippen LogP contribution in [0.3, 0.4) is 0 Å². The van der Waals surface area contributed by atoms with E-state index in [9.17, 15) is 14.0 Å². The van der Waals surface area contributed by atoms with Crippen molar-refractivity contribution in [1.82, 2.24) is 5.32 Å². The van der Waals surface area contributed by atoms with Crippen molar-refractivity contribution in [3.05, 3.63) is 66.0 Å². The minimum atomic E-state index is -0.346. The van der Waals surface area contributed by atoms with E-state index in [1.165, 1.54) is 17.7 Å². The first-order valence-electron chi connectivity index (χ1n) is 9.01. The first kappa shape index (κ1) is 18.1. The molecule has 2 aromatic carbocycles. The number of rotatable bonds is 7. The molecule has 0 unspecified atom stereocenters. The van der Waals surface area contributed by atoms with Gasteiger partial charge in [-0.3, -0.25) is 9.59 Å². The van der Waals surface area contributed by atoms with Crippen LogP contribution in [0.25, 0.3) is 0 Å². The molecule has 1 heterocycles. The molecule has 1 aliphatic heterocycles. The van der Waals surface area contributed by atoms with Gasteiger partial charge in [-0.05, 0) is 49.1 Å². The highest BCUT2D eigenvalue weighted by Gasteiger charge is 2.34. The van der Waals surface area contributed by atoms with Gasteiger partial charge in [-0.2, -0.15) is 0 Å². The number of nitrogens with zero attached hydrogens (tertiary/aromatic N) is 1. The smallest absolute Gasteiger partial charge is 0.227 e. The first-order valence-corrected chi connectivity index (χ1v) is 9.01. The summed E-state index contributed by atoms with van der Waals surface area (Å²) in [7, 11) is 0. The molecule has 3 rings (SSSR count). The predicted octanol–water partition coefficient (Wildman–Crippen LogP) is 3.32. The van der Waals surface area contributed by atoms with Crippen molar-refractivity contribution < 1.29 is 14.0 Å². The minimum Gasteiger partial charge on any atom is -0.356 e. The lowest BCUT2D eigenvalue weighted by atomic mass is 10.1. The fourth-order valence-corrected chi connectivity index (χ4v) is 3.21. The third-order valence-corrected chi connectivity index (χ3v) is 4.67. The Balaban J connectivity index is 1.41. The first-order chi connectivity index (χ1) is 12.6. The topological polar surface area (TPSA) is 49.4 Å². The second kappa shape index (κ2) is 8.61. The molecule has 26 heavy (non-hydrogen) atoms. The number of carbonyl (C=O) groups is 2. The number of anilines is 1. The van der Waals surface area contributed by atoms with Crippen LogP contribution < -0.4 is 10.2 Å². The molecule has 5 heteroatoms. The summed E-state index contributed by atoms with van der Waals surface area (Å²) in [5.41, 5.74) is 1.93. The van der Waals surface area contributed by atoms with Crippen LogP contribution in [-0.2, 0) is 16.0 Å². The van der Waals surface area contributed by atoms with Gasteiger partial charge in [0.2, 0.25) is 11.8 Å². The number of aryl methyl sites for hydroxylation is 1. The summed E-state index contributed by atoms with van der Waals surface area (Å²) in [6.07, 6.45) is 3.11. The van der Waals surface area contributed by atoms with Gasteiger partial charge in [0.25, 0.3) is 0 Å². The van der Waals surface area contributed by atoms with Crippen molar-refractivity contribution in [3.8, 4) is 0 Å². The Kier molecular flexibility index (Phi) is 6.00. The van der Waals surface area contributed by atoms with Crippen molar-refractivity contribution in [2.45, 2.75) is 25.7 Å². The summed E-state index contributed by atoms with van der Waals surface area (Å²) in [6.45, 7) is 0.965. The van der Waals surface area contributed by atoms with E-state index in [2.05, 4.69) is 17.4 Å². The molecule has 2 aromatic rings. The summed E-state index contributed by atoms with van der Waals surface area (Å²) in [5.74, 6) is -0.865. The molecule has 1 aliphatic rings. The molecular weight excluding hydrogens is 331 g/mol. The van der Waals surface area contributed by atoms with Crippen molar-refractivity contribution >= 4 is 17.5 Å². The van der Waals surface area contributed by atoms with E-state index in [4.69, 9.17) is 0 Å². The number of amides is 2. The van der Waals surface area contributed by atoms with Crippen LogP contribution >= 0.6 is 0 Å². The van der Waals surface area contributed by atoms with Crippen molar-refractivity contribution in [1.29, 1.82) is 0 Å². The standard InChI is InChI=1S/C21H23FN2O2/c22-18-9-11-19(12-10-18)24-15-17(14-20(24)25)21(26)23-13-5-4-8-16-6-2-1-3-7-16/h1-3,6-7,9-12,17H,4-5,8,13-15H2,(H,23,26)/t17-/m1/s1. The van der Waals surface area contributed by atoms with E-state index in [-0.39, 0.29) is 30.0 Å². The highest BCUT2D eigenvalue weighted by atomic mass is 19.1. The maximum absolute atomic E-state index is 13.0. The number of hydrogen-bond acceptors (Lipinski definition) is 2. The van der Waals surface area contributed by atoms with Crippen LogP contribution in [0.15, 0.2) is 54.6 Å². The molecule has 0 radical (unpaired) electrons. The van der Waals surface area contributed by atoms with Crippen LogP contribution in [-0.4, -0.2) is 24.9 Å². The zero-order valence-corrected chi connectivity index (χ0v) is 14.7. The van der Waals surface area contributed by atoms with Gasteiger partial charge in [-0.15, -0.1) is 0 Å². The number of hydrogen-bond donors (Lipinski definition) is 1. The third-order valence-electron chi connectivity index (χ3n) is 4.67. The number of unbranched alkanes of at least 4 members (excludes halogenated alkanes) is 1. The van der Waals surface area contributed by atoms with E-state index in [1.54, 1.807) is 17.0 Å². The second-order valence-corrected chi connectivity index (χ2v) is 6.62. The predicted molar refractivity (Wildman–Crippen MR) is 99.2 cm³/mol. The Bertz CT molecular complexity index is 746. The molecule has 0 aliphatic carbocycles. The lowest BCUT2D eigenvalue weighted by molar-refractivity contribution is -0.126. The summed E-state index contributed by atoms with van der Waals surface area (Å²) < 4.78 is 13.0. The highest BCUT2D eigenvalue weighted by Crippen LogP contribution is 2.25. The summed E-state index contributed by atoms with van der Waals surface area (Å²) >= 11 is 0. The molecule has 1 N–H and O–H groups in total. The molecule has 0 spiro atoms. The summed E-state index contributed by atoms with van der Waals surface area (Å²) in [4.78, 5) is 26.0. The SMILES string of the molecule is O=C(NCCCCc1ccccc1)[C@@H]1CC(=O)N(c2ccc(F)cc2)C1. The Morgan fingerprint density at radius 2 is 1.81 bits per heavy atom. The van der Waals surface area contributed by atoms with E-state index in [0.717, 1.165) is 19.3 Å². The molecule has 1 saturated heterocycles. The maximum Gasteiger partial charge on any atom is 0.227 e. The van der Waals surface area contributed by atoms with E-state index in [0.29, 0.717) is 18.8 Å². The van der Waals surface area contributed by atoms with E-state index in [1.807, 2.05) is 18.2 Å². The van der Waals surface area contributed by atoms with Crippen LogP contribution in [0.4, 0.5) is 10.1 Å². The molecule has 136 valence electrons. The fraction of sp³-hybridized carbons (Fsp3) is 0.333. The van der Waals surface area contributed by atoms with E-state index >= 15 is 0 Å². The van der Waals surface area contributed by atoms with Crippen LogP contribution in [0.1, 0.15) is 24.8 Å². The monoisotopic (exact) mass is 354 g/mol. The fourth-order valence-electron chi connectivity index (χ4n) is 3.21. The van der Waals surface area contributed by atoms with Crippen molar-refractivity contribution in [3.63, 3.8) is 0 Å². The molecule has 1 atom stereocenters. The average Bonchev–Trinajstić information content (AvgIpc) is 3.05. The number of nitrogens with one attached hydrogen (secondary N) is 1. The molecule has 2 amide bonds. The normalized spacial score (nSPS) is 16.7. The Morgan fingerprint density at radius 3 is 2.54 bits per heavy atom. The molecule has 0 bridgehead atoms. The summed E-state index contributed by atoms with van der Waals surface area (Å²) in [6, 6.07) is 16.0. The van der Waals surface area contributed by atoms with Crippen molar-refractivity contribution in [2.75, 3.05) is 18.0 Å². The quantitative estimate of drug-likeness (QED) is 0.776. The van der Waals surface area contributed by atoms with Gasteiger partial charge in [0.15, 0.2) is 0 Å². The third kappa shape index (κ3) is 4.69. The summed E-state index contributed by atoms with van der Waals surface area (Å²) in [5, 5.41) is 2.93. The Hall–Kier alpha value is -2.69. The molecule has 0 saturated carbocycles. The van der Waals surface area contributed by atoms with Gasteiger partial charge >= 0.3 is 0 Å². The lowest BCUT2D eigenvalue weighted by Gasteiger charge is -2.16. The van der Waals surface area contributed by atoms with Crippen LogP contribution in [0.2, 0.25) is 0 Å². The molecular formula is C21H23FN2O2. The lowest BCUT2D eigenvalue weighted by Crippen LogP contribution is -2.33. The van der Waals surface area contributed by atoms with Gasteiger partial charge in [0.05, 0.1) is 5.92 Å². The molecule has 0 aromatic heterocycles. The average molecular weight is 354 g/mol. The Labute approximate surface area is 153 Å². The zero-order valence-electron chi connectivity index (χ0n) is 14.7. The van der Waals surface area contributed by atoms with Crippen molar-refractivity contribution in [2.24, 2.45) is 5.92 Å². The second-order valence-electron chi connectivity index (χ2n) is 6.62. The van der Waals surface area contributed by atoms with Gasteiger partial charge in [-0.25, -0.2) is 4.39 Å². The number of benzene rings is 2. The largest absolute Gasteiger partial charge is 0.356 e.